The Morgan fingerprint density at radius 1 is 1.11 bits per heavy atom. The number of hydrogen-bond donors (Lipinski definition) is 3. The lowest BCUT2D eigenvalue weighted by Gasteiger charge is -2.16. The fourth-order valence-corrected chi connectivity index (χ4v) is 3.24. The van der Waals surface area contributed by atoms with Crippen LogP contribution < -0.4 is 15.5 Å². The van der Waals surface area contributed by atoms with Crippen LogP contribution >= 0.6 is 0 Å². The predicted molar refractivity (Wildman–Crippen MR) is 105 cm³/mol. The summed E-state index contributed by atoms with van der Waals surface area (Å²) >= 11 is 0. The van der Waals surface area contributed by atoms with Crippen molar-refractivity contribution in [1.82, 2.24) is 15.3 Å². The van der Waals surface area contributed by atoms with Gasteiger partial charge in [0, 0.05) is 18.7 Å². The lowest BCUT2D eigenvalue weighted by Crippen LogP contribution is -2.38. The Hall–Kier alpha value is -3.68. The third-order valence-electron chi connectivity index (χ3n) is 4.63. The van der Waals surface area contributed by atoms with Crippen LogP contribution in [0.3, 0.4) is 0 Å². The Morgan fingerprint density at radius 3 is 2.64 bits per heavy atom. The molecule has 2 aromatic carbocycles. The predicted octanol–water partition coefficient (Wildman–Crippen LogP) is 1.67. The van der Waals surface area contributed by atoms with Crippen molar-refractivity contribution in [2.24, 2.45) is 5.92 Å². The Bertz CT molecular complexity index is 998. The second kappa shape index (κ2) is 7.51. The van der Waals surface area contributed by atoms with E-state index in [4.69, 9.17) is 0 Å². The number of aromatic amines is 1. The molecule has 0 bridgehead atoms. The Labute approximate surface area is 160 Å². The van der Waals surface area contributed by atoms with Gasteiger partial charge in [0.05, 0.1) is 23.5 Å². The zero-order chi connectivity index (χ0) is 19.5. The first-order valence-corrected chi connectivity index (χ1v) is 8.98. The number of aromatic nitrogens is 2. The lowest BCUT2D eigenvalue weighted by atomic mass is 10.1. The van der Waals surface area contributed by atoms with Gasteiger partial charge in [-0.2, -0.15) is 0 Å². The Kier molecular flexibility index (Phi) is 4.76. The van der Waals surface area contributed by atoms with Crippen molar-refractivity contribution >= 4 is 40.4 Å². The van der Waals surface area contributed by atoms with E-state index in [-0.39, 0.29) is 24.8 Å². The van der Waals surface area contributed by atoms with Crippen LogP contribution in [0.25, 0.3) is 11.0 Å². The molecule has 1 aromatic heterocycles. The number of benzene rings is 2. The Balaban J connectivity index is 1.30. The molecule has 0 spiro atoms. The van der Waals surface area contributed by atoms with Gasteiger partial charge in [-0.3, -0.25) is 19.7 Å². The minimum Gasteiger partial charge on any atom is -0.347 e. The van der Waals surface area contributed by atoms with E-state index in [0.717, 1.165) is 16.7 Å². The normalized spacial score (nSPS) is 16.4. The maximum atomic E-state index is 12.4. The first kappa shape index (κ1) is 17.7. The molecule has 4 rings (SSSR count). The van der Waals surface area contributed by atoms with E-state index in [0.29, 0.717) is 12.5 Å². The molecule has 1 fully saturated rings. The van der Waals surface area contributed by atoms with E-state index in [1.54, 1.807) is 4.90 Å². The quantitative estimate of drug-likeness (QED) is 0.629. The molecule has 8 heteroatoms. The van der Waals surface area contributed by atoms with Crippen LogP contribution in [0.5, 0.6) is 0 Å². The highest BCUT2D eigenvalue weighted by Gasteiger charge is 2.35. The lowest BCUT2D eigenvalue weighted by molar-refractivity contribution is -0.127. The van der Waals surface area contributed by atoms with Gasteiger partial charge in [0.25, 0.3) is 0 Å². The molecule has 28 heavy (non-hydrogen) atoms. The fourth-order valence-electron chi connectivity index (χ4n) is 3.24. The number of carbonyl (C=O) groups is 3. The molecule has 1 atom stereocenters. The summed E-state index contributed by atoms with van der Waals surface area (Å²) in [4.78, 5) is 45.5. The van der Waals surface area contributed by atoms with Crippen molar-refractivity contribution in [3.05, 3.63) is 54.6 Å². The van der Waals surface area contributed by atoms with Crippen LogP contribution in [0.1, 0.15) is 6.42 Å². The first-order valence-electron chi connectivity index (χ1n) is 8.98. The van der Waals surface area contributed by atoms with Gasteiger partial charge in [0.2, 0.25) is 23.7 Å². The number of H-pyrrole nitrogens is 1. The third kappa shape index (κ3) is 3.71. The molecule has 1 aliphatic heterocycles. The van der Waals surface area contributed by atoms with Gasteiger partial charge in [0.15, 0.2) is 0 Å². The molecule has 0 saturated carbocycles. The van der Waals surface area contributed by atoms with E-state index in [1.165, 1.54) is 0 Å². The number of rotatable bonds is 5. The molecule has 3 N–H and O–H groups in total. The number of para-hydroxylation sites is 3. The van der Waals surface area contributed by atoms with Crippen molar-refractivity contribution in [2.45, 2.75) is 6.42 Å². The summed E-state index contributed by atoms with van der Waals surface area (Å²) in [5.41, 5.74) is 2.32. The fraction of sp³-hybridized carbons (Fsp3) is 0.200. The highest BCUT2D eigenvalue weighted by molar-refractivity contribution is 6.01. The first-order chi connectivity index (χ1) is 13.6. The number of hydrogen-bond acceptors (Lipinski definition) is 4. The van der Waals surface area contributed by atoms with Crippen molar-refractivity contribution < 1.29 is 14.4 Å². The number of nitrogens with zero attached hydrogens (tertiary/aromatic N) is 2. The summed E-state index contributed by atoms with van der Waals surface area (Å²) in [7, 11) is 0. The van der Waals surface area contributed by atoms with Crippen molar-refractivity contribution in [1.29, 1.82) is 0 Å². The average molecular weight is 377 g/mol. The Morgan fingerprint density at radius 2 is 1.86 bits per heavy atom. The van der Waals surface area contributed by atoms with Crippen molar-refractivity contribution in [3.63, 3.8) is 0 Å². The van der Waals surface area contributed by atoms with Gasteiger partial charge >= 0.3 is 0 Å². The SMILES string of the molecule is O=C(CNC(=O)[C@H]1CC(=O)N(c2ccccc2)C1)Nc1nc2ccccc2[nH]1. The smallest absolute Gasteiger partial charge is 0.246 e. The molecule has 1 saturated heterocycles. The molecule has 3 aromatic rings. The summed E-state index contributed by atoms with van der Waals surface area (Å²) in [6.07, 6.45) is 0.131. The standard InChI is InChI=1S/C20H19N5O3/c26-17(24-20-22-15-8-4-5-9-16(15)23-20)11-21-19(28)13-10-18(27)25(12-13)14-6-2-1-3-7-14/h1-9,13H,10-12H2,(H,21,28)(H2,22,23,24,26)/t13-/m0/s1. The second-order valence-corrected chi connectivity index (χ2v) is 6.61. The van der Waals surface area contributed by atoms with Crippen LogP contribution in [0.2, 0.25) is 0 Å². The molecule has 142 valence electrons. The molecule has 2 heterocycles. The van der Waals surface area contributed by atoms with Gasteiger partial charge in [-0.25, -0.2) is 4.98 Å². The van der Waals surface area contributed by atoms with Crippen LogP contribution in [-0.2, 0) is 14.4 Å². The molecule has 0 unspecified atom stereocenters. The molecular weight excluding hydrogens is 358 g/mol. The summed E-state index contributed by atoms with van der Waals surface area (Å²) in [6, 6.07) is 16.6. The number of anilines is 2. The minimum absolute atomic E-state index is 0.0990. The number of imidazole rings is 1. The second-order valence-electron chi connectivity index (χ2n) is 6.61. The summed E-state index contributed by atoms with van der Waals surface area (Å²) in [5, 5.41) is 5.22. The largest absolute Gasteiger partial charge is 0.347 e. The monoisotopic (exact) mass is 377 g/mol. The maximum Gasteiger partial charge on any atom is 0.246 e. The zero-order valence-corrected chi connectivity index (χ0v) is 15.0. The van der Waals surface area contributed by atoms with Gasteiger partial charge in [0.1, 0.15) is 0 Å². The van der Waals surface area contributed by atoms with Crippen molar-refractivity contribution in [3.8, 4) is 0 Å². The van der Waals surface area contributed by atoms with Gasteiger partial charge < -0.3 is 15.2 Å². The molecular formula is C20H19N5O3. The topological polar surface area (TPSA) is 107 Å². The van der Waals surface area contributed by atoms with Crippen LogP contribution in [0.15, 0.2) is 54.6 Å². The van der Waals surface area contributed by atoms with Crippen LogP contribution in [0, 0.1) is 5.92 Å². The van der Waals surface area contributed by atoms with Gasteiger partial charge in [-0.15, -0.1) is 0 Å². The van der Waals surface area contributed by atoms with Crippen molar-refractivity contribution in [2.75, 3.05) is 23.3 Å². The molecule has 3 amide bonds. The maximum absolute atomic E-state index is 12.4. The summed E-state index contributed by atoms with van der Waals surface area (Å²) in [5.74, 6) is -0.959. The highest BCUT2D eigenvalue weighted by atomic mass is 16.2. The summed E-state index contributed by atoms with van der Waals surface area (Å²) < 4.78 is 0. The molecule has 8 nitrogen and oxygen atoms in total. The van der Waals surface area contributed by atoms with E-state index >= 15 is 0 Å². The van der Waals surface area contributed by atoms with E-state index < -0.39 is 11.8 Å². The third-order valence-corrected chi connectivity index (χ3v) is 4.63. The zero-order valence-electron chi connectivity index (χ0n) is 15.0. The van der Waals surface area contributed by atoms with E-state index in [2.05, 4.69) is 20.6 Å². The van der Waals surface area contributed by atoms with Crippen LogP contribution in [0.4, 0.5) is 11.6 Å². The average Bonchev–Trinajstić information content (AvgIpc) is 3.29. The number of nitrogens with one attached hydrogen (secondary N) is 3. The van der Waals surface area contributed by atoms with Gasteiger partial charge in [-0.05, 0) is 24.3 Å². The summed E-state index contributed by atoms with van der Waals surface area (Å²) in [6.45, 7) is 0.117. The number of fused-ring (bicyclic) bond motifs is 1. The van der Waals surface area contributed by atoms with Gasteiger partial charge in [-0.1, -0.05) is 30.3 Å². The highest BCUT2D eigenvalue weighted by Crippen LogP contribution is 2.24. The van der Waals surface area contributed by atoms with Crippen LogP contribution in [-0.4, -0.2) is 40.8 Å². The van der Waals surface area contributed by atoms with E-state index in [1.807, 2.05) is 54.6 Å². The molecule has 1 aliphatic rings. The molecule has 0 aliphatic carbocycles. The minimum atomic E-state index is -0.480. The number of amides is 3. The van der Waals surface area contributed by atoms with E-state index in [9.17, 15) is 14.4 Å². The molecule has 0 radical (unpaired) electrons. The number of carbonyl (C=O) groups excluding carboxylic acids is 3.